The number of nitriles is 1. The molecule has 2 saturated heterocycles. The summed E-state index contributed by atoms with van der Waals surface area (Å²) in [5.41, 5.74) is 5.38. The third kappa shape index (κ3) is 5.65. The number of likely N-dealkylation sites (tertiary alicyclic amines) is 2. The zero-order valence-electron chi connectivity index (χ0n) is 26.1. The van der Waals surface area contributed by atoms with Gasteiger partial charge in [0.15, 0.2) is 0 Å². The first-order chi connectivity index (χ1) is 22.0. The Morgan fingerprint density at radius 1 is 0.911 bits per heavy atom. The van der Waals surface area contributed by atoms with Crippen LogP contribution in [-0.4, -0.2) is 60.0 Å². The molecule has 6 nitrogen and oxygen atoms in total. The molecule has 0 bridgehead atoms. The molecule has 45 heavy (non-hydrogen) atoms. The highest BCUT2D eigenvalue weighted by Gasteiger charge is 2.33. The number of fused-ring (bicyclic) bond motifs is 2. The van der Waals surface area contributed by atoms with E-state index in [-0.39, 0.29) is 18.0 Å². The van der Waals surface area contributed by atoms with Gasteiger partial charge in [-0.2, -0.15) is 5.26 Å². The molecule has 0 radical (unpaired) electrons. The van der Waals surface area contributed by atoms with Crippen molar-refractivity contribution in [3.8, 4) is 17.2 Å². The van der Waals surface area contributed by atoms with Gasteiger partial charge in [0.05, 0.1) is 28.8 Å². The lowest BCUT2D eigenvalue weighted by Crippen LogP contribution is -2.42. The Hall–Kier alpha value is -4.73. The van der Waals surface area contributed by atoms with Gasteiger partial charge < -0.3 is 14.7 Å². The summed E-state index contributed by atoms with van der Waals surface area (Å²) in [6.07, 6.45) is 4.58. The fourth-order valence-electron chi connectivity index (χ4n) is 7.22. The van der Waals surface area contributed by atoms with Gasteiger partial charge in [0.2, 0.25) is 0 Å². The lowest BCUT2D eigenvalue weighted by molar-refractivity contribution is 0.0710. The number of anilines is 1. The molecule has 226 valence electrons. The summed E-state index contributed by atoms with van der Waals surface area (Å²) in [5, 5.41) is 12.6. The fraction of sp³-hybridized carbons (Fsp3) is 0.308. The van der Waals surface area contributed by atoms with Gasteiger partial charge in [-0.05, 0) is 103 Å². The van der Waals surface area contributed by atoms with E-state index in [4.69, 9.17) is 4.98 Å². The Morgan fingerprint density at radius 2 is 1.67 bits per heavy atom. The van der Waals surface area contributed by atoms with Gasteiger partial charge in [-0.3, -0.25) is 4.79 Å². The number of rotatable bonds is 7. The average molecular weight is 594 g/mol. The van der Waals surface area contributed by atoms with E-state index >= 15 is 0 Å². The molecule has 3 heterocycles. The Labute approximate surface area is 265 Å². The summed E-state index contributed by atoms with van der Waals surface area (Å²) in [4.78, 5) is 26.6. The summed E-state index contributed by atoms with van der Waals surface area (Å²) in [6, 6.07) is 33.2. The second-order valence-electron chi connectivity index (χ2n) is 12.6. The molecule has 7 rings (SSSR count). The summed E-state index contributed by atoms with van der Waals surface area (Å²) in [7, 11) is 2.08. The predicted octanol–water partition coefficient (Wildman–Crippen LogP) is 7.82. The van der Waals surface area contributed by atoms with Crippen LogP contribution in [0.4, 0.5) is 5.82 Å². The second-order valence-corrected chi connectivity index (χ2v) is 12.6. The maximum absolute atomic E-state index is 14.6. The van der Waals surface area contributed by atoms with E-state index in [0.717, 1.165) is 66.9 Å². The number of benzene rings is 4. The summed E-state index contributed by atoms with van der Waals surface area (Å²) < 4.78 is 0. The molecule has 1 amide bonds. The number of hydrogen-bond acceptors (Lipinski definition) is 5. The Bertz CT molecular complexity index is 1900. The number of carbonyl (C=O) groups is 1. The maximum Gasteiger partial charge on any atom is 0.254 e. The highest BCUT2D eigenvalue weighted by atomic mass is 16.2. The second kappa shape index (κ2) is 12.3. The smallest absolute Gasteiger partial charge is 0.254 e. The van der Waals surface area contributed by atoms with Crippen LogP contribution in [0.2, 0.25) is 0 Å². The van der Waals surface area contributed by atoms with Crippen molar-refractivity contribution in [3.63, 3.8) is 0 Å². The molecule has 2 aliphatic heterocycles. The van der Waals surface area contributed by atoms with Gasteiger partial charge in [-0.1, -0.05) is 60.7 Å². The molecule has 0 saturated carbocycles. The number of nitrogens with zero attached hydrogens (tertiary/aromatic N) is 5. The van der Waals surface area contributed by atoms with Gasteiger partial charge in [0, 0.05) is 31.6 Å². The Kier molecular flexibility index (Phi) is 7.95. The van der Waals surface area contributed by atoms with E-state index in [1.54, 1.807) is 0 Å². The topological polar surface area (TPSA) is 63.5 Å². The van der Waals surface area contributed by atoms with E-state index < -0.39 is 0 Å². The first kappa shape index (κ1) is 29.0. The highest BCUT2D eigenvalue weighted by molar-refractivity contribution is 6.08. The number of aromatic nitrogens is 1. The predicted molar refractivity (Wildman–Crippen MR) is 182 cm³/mol. The minimum atomic E-state index is 0.0385. The average Bonchev–Trinajstić information content (AvgIpc) is 3.79. The summed E-state index contributed by atoms with van der Waals surface area (Å²) in [5.74, 6) is 0.876. The molecule has 5 aromatic rings. The molecule has 2 fully saturated rings. The molecule has 0 spiro atoms. The zero-order chi connectivity index (χ0) is 30.9. The molecular weight excluding hydrogens is 554 g/mol. The minimum absolute atomic E-state index is 0.0385. The Balaban J connectivity index is 1.30. The standard InChI is InChI=1S/C39H39N5O/c1-27(33-13-7-10-30-9-3-4-12-34(30)33)42(2)38-24-36(39(45)44-22-8-11-32(44)26-43-20-5-6-21-43)35-23-31(18-19-37(35)41-38)29-16-14-28(25-40)15-17-29/h3-4,7,9-10,12-19,23-24,27,32H,5-6,8,11,20-22,26H2,1-2H3/t27-,32-/m0/s1. The van der Waals surface area contributed by atoms with Crippen LogP contribution in [0, 0.1) is 11.3 Å². The van der Waals surface area contributed by atoms with Crippen molar-refractivity contribution in [2.24, 2.45) is 0 Å². The molecule has 0 unspecified atom stereocenters. The molecule has 0 N–H and O–H groups in total. The van der Waals surface area contributed by atoms with E-state index in [2.05, 4.69) is 89.3 Å². The quantitative estimate of drug-likeness (QED) is 0.193. The van der Waals surface area contributed by atoms with Crippen LogP contribution in [-0.2, 0) is 0 Å². The van der Waals surface area contributed by atoms with E-state index in [0.29, 0.717) is 11.1 Å². The molecule has 6 heteroatoms. The van der Waals surface area contributed by atoms with Gasteiger partial charge in [-0.25, -0.2) is 4.98 Å². The molecule has 2 aliphatic rings. The van der Waals surface area contributed by atoms with Crippen LogP contribution < -0.4 is 4.90 Å². The van der Waals surface area contributed by atoms with Gasteiger partial charge >= 0.3 is 0 Å². The van der Waals surface area contributed by atoms with Crippen LogP contribution in [0.25, 0.3) is 32.8 Å². The first-order valence-electron chi connectivity index (χ1n) is 16.2. The molecule has 2 atom stereocenters. The third-order valence-electron chi connectivity index (χ3n) is 9.89. The lowest BCUT2D eigenvalue weighted by Gasteiger charge is -2.30. The summed E-state index contributed by atoms with van der Waals surface area (Å²) in [6.45, 7) is 6.21. The Morgan fingerprint density at radius 3 is 2.47 bits per heavy atom. The van der Waals surface area contributed by atoms with Crippen molar-refractivity contribution >= 4 is 33.4 Å². The summed E-state index contributed by atoms with van der Waals surface area (Å²) >= 11 is 0. The number of pyridine rings is 1. The van der Waals surface area contributed by atoms with Crippen LogP contribution in [0.3, 0.4) is 0 Å². The first-order valence-corrected chi connectivity index (χ1v) is 16.2. The van der Waals surface area contributed by atoms with Gasteiger partial charge in [0.1, 0.15) is 5.82 Å². The number of amides is 1. The molecule has 0 aliphatic carbocycles. The molecule has 4 aromatic carbocycles. The normalized spacial score (nSPS) is 17.5. The van der Waals surface area contributed by atoms with Crippen molar-refractivity contribution in [2.75, 3.05) is 38.1 Å². The van der Waals surface area contributed by atoms with Crippen LogP contribution >= 0.6 is 0 Å². The fourth-order valence-corrected chi connectivity index (χ4v) is 7.22. The van der Waals surface area contributed by atoms with Crippen LogP contribution in [0.1, 0.15) is 60.1 Å². The van der Waals surface area contributed by atoms with Crippen LogP contribution in [0.15, 0.2) is 91.0 Å². The van der Waals surface area contributed by atoms with Gasteiger partial charge in [-0.15, -0.1) is 0 Å². The van der Waals surface area contributed by atoms with Gasteiger partial charge in [0.25, 0.3) is 5.91 Å². The number of hydrogen-bond donors (Lipinski definition) is 0. The molecule has 1 aromatic heterocycles. The van der Waals surface area contributed by atoms with E-state index in [1.807, 2.05) is 36.4 Å². The van der Waals surface area contributed by atoms with E-state index in [9.17, 15) is 10.1 Å². The minimum Gasteiger partial charge on any atom is -0.353 e. The van der Waals surface area contributed by atoms with Crippen molar-refractivity contribution in [2.45, 2.75) is 44.7 Å². The zero-order valence-corrected chi connectivity index (χ0v) is 26.1. The van der Waals surface area contributed by atoms with Crippen molar-refractivity contribution < 1.29 is 4.79 Å². The van der Waals surface area contributed by atoms with Crippen LogP contribution in [0.5, 0.6) is 0 Å². The van der Waals surface area contributed by atoms with Crippen molar-refractivity contribution in [1.29, 1.82) is 5.26 Å². The largest absolute Gasteiger partial charge is 0.353 e. The lowest BCUT2D eigenvalue weighted by atomic mass is 9.98. The SMILES string of the molecule is C[C@@H](c1cccc2ccccc12)N(C)c1cc(C(=O)N2CCC[C@H]2CN2CCCC2)c2cc(-c3ccc(C#N)cc3)ccc2n1. The number of carbonyl (C=O) groups excluding carboxylic acids is 1. The monoisotopic (exact) mass is 593 g/mol. The van der Waals surface area contributed by atoms with E-state index in [1.165, 1.54) is 29.2 Å². The maximum atomic E-state index is 14.6. The highest BCUT2D eigenvalue weighted by Crippen LogP contribution is 2.35. The van der Waals surface area contributed by atoms with Crippen molar-refractivity contribution in [3.05, 3.63) is 108 Å². The van der Waals surface area contributed by atoms with Crippen molar-refractivity contribution in [1.82, 2.24) is 14.8 Å². The third-order valence-corrected chi connectivity index (χ3v) is 9.89. The molecular formula is C39H39N5O.